The van der Waals surface area contributed by atoms with Gasteiger partial charge >= 0.3 is 0 Å². The molecule has 0 saturated carbocycles. The zero-order chi connectivity index (χ0) is 21.7. The van der Waals surface area contributed by atoms with Crippen molar-refractivity contribution in [1.29, 1.82) is 0 Å². The topological polar surface area (TPSA) is 76.8 Å². The number of halogens is 1. The van der Waals surface area contributed by atoms with Gasteiger partial charge in [-0.2, -0.15) is 9.50 Å². The molecule has 0 radical (unpaired) electrons. The Kier molecular flexibility index (Phi) is 4.86. The molecule has 0 bridgehead atoms. The van der Waals surface area contributed by atoms with E-state index in [2.05, 4.69) is 32.9 Å². The minimum absolute atomic E-state index is 0.211. The molecule has 1 aliphatic heterocycles. The standard InChI is InChI=1S/C22H17BrN4O3S/c1-3-10-30-14-7-4-12(5-8-14)19-24-22-27(25-19)21(29)18(31-22)17-15-11-13(23)6-9-16(15)26(2)20(17)28/h4-9,11H,3,10H2,1-2H3. The number of benzene rings is 2. The molecule has 0 atom stereocenters. The third-order valence-electron chi connectivity index (χ3n) is 5.08. The van der Waals surface area contributed by atoms with Gasteiger partial charge in [-0.25, -0.2) is 0 Å². The Morgan fingerprint density at radius 1 is 1.13 bits per heavy atom. The summed E-state index contributed by atoms with van der Waals surface area (Å²) < 4.78 is 8.06. The van der Waals surface area contributed by atoms with Crippen LogP contribution in [-0.2, 0) is 4.79 Å². The van der Waals surface area contributed by atoms with Crippen LogP contribution in [0.1, 0.15) is 18.9 Å². The van der Waals surface area contributed by atoms with E-state index < -0.39 is 0 Å². The van der Waals surface area contributed by atoms with Gasteiger partial charge < -0.3 is 9.64 Å². The van der Waals surface area contributed by atoms with Gasteiger partial charge in [-0.05, 0) is 48.9 Å². The molecule has 4 aromatic rings. The molecular formula is C22H17BrN4O3S. The van der Waals surface area contributed by atoms with Gasteiger partial charge in [0.2, 0.25) is 4.96 Å². The van der Waals surface area contributed by atoms with Crippen LogP contribution in [-0.4, -0.2) is 34.2 Å². The van der Waals surface area contributed by atoms with Gasteiger partial charge in [0.15, 0.2) is 5.82 Å². The highest BCUT2D eigenvalue weighted by Gasteiger charge is 2.32. The van der Waals surface area contributed by atoms with Crippen LogP contribution in [0.3, 0.4) is 0 Å². The lowest BCUT2D eigenvalue weighted by Gasteiger charge is -2.08. The third-order valence-corrected chi connectivity index (χ3v) is 6.60. The fourth-order valence-corrected chi connectivity index (χ4v) is 4.90. The van der Waals surface area contributed by atoms with E-state index in [0.29, 0.717) is 27.5 Å². The quantitative estimate of drug-likeness (QED) is 0.433. The molecule has 1 aliphatic rings. The first-order chi connectivity index (χ1) is 15.0. The second-order valence-electron chi connectivity index (χ2n) is 7.14. The number of carbonyl (C=O) groups excluding carboxylic acids is 1. The second-order valence-corrected chi connectivity index (χ2v) is 9.03. The minimum Gasteiger partial charge on any atom is -0.494 e. The summed E-state index contributed by atoms with van der Waals surface area (Å²) >= 11 is 4.63. The van der Waals surface area contributed by atoms with Gasteiger partial charge in [0.05, 0.1) is 17.9 Å². The highest BCUT2D eigenvalue weighted by atomic mass is 79.9. The first kappa shape index (κ1) is 19.9. The van der Waals surface area contributed by atoms with Gasteiger partial charge in [0.25, 0.3) is 11.5 Å². The number of carbonyl (C=O) groups is 1. The van der Waals surface area contributed by atoms with Crippen LogP contribution < -0.4 is 19.7 Å². The number of likely N-dealkylation sites (N-methyl/N-ethyl adjacent to an activating group) is 1. The molecule has 9 heteroatoms. The lowest BCUT2D eigenvalue weighted by molar-refractivity contribution is -0.112. The van der Waals surface area contributed by atoms with Crippen molar-refractivity contribution in [2.75, 3.05) is 18.6 Å². The first-order valence-electron chi connectivity index (χ1n) is 9.73. The van der Waals surface area contributed by atoms with Crippen LogP contribution >= 0.6 is 27.3 Å². The molecule has 0 N–H and O–H groups in total. The number of thiazole rings is 1. The van der Waals surface area contributed by atoms with Crippen LogP contribution in [0.25, 0.3) is 21.9 Å². The normalized spacial score (nSPS) is 15.1. The molecule has 7 nitrogen and oxygen atoms in total. The average molecular weight is 497 g/mol. The number of ether oxygens (including phenoxy) is 1. The predicted molar refractivity (Wildman–Crippen MR) is 124 cm³/mol. The largest absolute Gasteiger partial charge is 0.494 e. The zero-order valence-electron chi connectivity index (χ0n) is 16.8. The van der Waals surface area contributed by atoms with Gasteiger partial charge in [-0.15, -0.1) is 5.10 Å². The summed E-state index contributed by atoms with van der Waals surface area (Å²) in [5, 5.41) is 4.40. The van der Waals surface area contributed by atoms with Gasteiger partial charge in [0, 0.05) is 22.6 Å². The van der Waals surface area contributed by atoms with E-state index in [1.54, 1.807) is 11.9 Å². The summed E-state index contributed by atoms with van der Waals surface area (Å²) in [6.45, 7) is 2.71. The van der Waals surface area contributed by atoms with E-state index in [9.17, 15) is 9.59 Å². The van der Waals surface area contributed by atoms with Crippen LogP contribution in [0.4, 0.5) is 5.69 Å². The summed E-state index contributed by atoms with van der Waals surface area (Å²) in [4.78, 5) is 32.6. The number of aromatic nitrogens is 3. The van der Waals surface area contributed by atoms with E-state index >= 15 is 0 Å². The Labute approximate surface area is 189 Å². The fraction of sp³-hybridized carbons (Fsp3) is 0.182. The Balaban J connectivity index is 1.61. The number of fused-ring (bicyclic) bond motifs is 2. The number of hydrogen-bond acceptors (Lipinski definition) is 6. The predicted octanol–water partition coefficient (Wildman–Crippen LogP) is 3.26. The lowest BCUT2D eigenvalue weighted by Crippen LogP contribution is -2.30. The van der Waals surface area contributed by atoms with E-state index in [-0.39, 0.29) is 11.5 Å². The summed E-state index contributed by atoms with van der Waals surface area (Å²) in [6, 6.07) is 13.0. The third kappa shape index (κ3) is 3.24. The maximum Gasteiger partial charge on any atom is 0.291 e. The van der Waals surface area contributed by atoms with E-state index in [4.69, 9.17) is 4.74 Å². The van der Waals surface area contributed by atoms with Crippen molar-refractivity contribution in [3.63, 3.8) is 0 Å². The first-order valence-corrected chi connectivity index (χ1v) is 11.3. The summed E-state index contributed by atoms with van der Waals surface area (Å²) in [7, 11) is 1.70. The minimum atomic E-state index is -0.341. The molecule has 0 saturated heterocycles. The number of amides is 1. The molecule has 5 rings (SSSR count). The Morgan fingerprint density at radius 3 is 2.61 bits per heavy atom. The molecule has 0 aliphatic carbocycles. The number of anilines is 1. The number of nitrogens with zero attached hydrogens (tertiary/aromatic N) is 4. The summed E-state index contributed by atoms with van der Waals surface area (Å²) in [6.07, 6.45) is 0.938. The van der Waals surface area contributed by atoms with E-state index in [0.717, 1.165) is 33.5 Å². The van der Waals surface area contributed by atoms with Crippen molar-refractivity contribution in [3.8, 4) is 17.1 Å². The van der Waals surface area contributed by atoms with Crippen LogP contribution in [0.5, 0.6) is 5.75 Å². The van der Waals surface area contributed by atoms with Gasteiger partial charge in [-0.1, -0.05) is 34.2 Å². The van der Waals surface area contributed by atoms with Crippen molar-refractivity contribution in [2.24, 2.45) is 0 Å². The highest BCUT2D eigenvalue weighted by molar-refractivity contribution is 9.10. The molecule has 2 aromatic carbocycles. The number of rotatable bonds is 4. The fourth-order valence-electron chi connectivity index (χ4n) is 3.54. The Morgan fingerprint density at radius 2 is 1.90 bits per heavy atom. The van der Waals surface area contributed by atoms with Crippen molar-refractivity contribution in [1.82, 2.24) is 14.6 Å². The van der Waals surface area contributed by atoms with Crippen LogP contribution in [0, 0.1) is 0 Å². The van der Waals surface area contributed by atoms with Crippen LogP contribution in [0.2, 0.25) is 0 Å². The molecule has 0 spiro atoms. The molecule has 2 aromatic heterocycles. The highest BCUT2D eigenvalue weighted by Crippen LogP contribution is 2.36. The van der Waals surface area contributed by atoms with E-state index in [1.165, 1.54) is 15.9 Å². The van der Waals surface area contributed by atoms with E-state index in [1.807, 2.05) is 42.5 Å². The maximum absolute atomic E-state index is 13.1. The monoisotopic (exact) mass is 496 g/mol. The van der Waals surface area contributed by atoms with Gasteiger partial charge in [-0.3, -0.25) is 9.59 Å². The molecule has 31 heavy (non-hydrogen) atoms. The Bertz CT molecular complexity index is 1440. The van der Waals surface area contributed by atoms with Crippen molar-refractivity contribution >= 4 is 49.4 Å². The number of hydrogen-bond donors (Lipinski definition) is 0. The van der Waals surface area contributed by atoms with Crippen LogP contribution in [0.15, 0.2) is 51.7 Å². The maximum atomic E-state index is 13.1. The molecule has 0 fully saturated rings. The SMILES string of the molecule is CCCOc1ccc(-c2nc3sc(=C4C(=O)N(C)c5ccc(Br)cc54)c(=O)n3n2)cc1. The van der Waals surface area contributed by atoms with Crippen molar-refractivity contribution in [3.05, 3.63) is 67.4 Å². The van der Waals surface area contributed by atoms with Gasteiger partial charge in [0.1, 0.15) is 10.3 Å². The summed E-state index contributed by atoms with van der Waals surface area (Å²) in [5.74, 6) is 1.03. The Hall–Kier alpha value is -3.04. The van der Waals surface area contributed by atoms with Crippen molar-refractivity contribution < 1.29 is 9.53 Å². The smallest absolute Gasteiger partial charge is 0.291 e. The molecule has 156 valence electrons. The average Bonchev–Trinajstić information content (AvgIpc) is 3.39. The molecule has 1 amide bonds. The van der Waals surface area contributed by atoms with Crippen molar-refractivity contribution in [2.45, 2.75) is 13.3 Å². The molecule has 3 heterocycles. The second kappa shape index (κ2) is 7.58. The molecule has 0 unspecified atom stereocenters. The zero-order valence-corrected chi connectivity index (χ0v) is 19.2. The summed E-state index contributed by atoms with van der Waals surface area (Å²) in [5.41, 5.74) is 2.34. The molecular weight excluding hydrogens is 480 g/mol. The lowest BCUT2D eigenvalue weighted by atomic mass is 10.1.